The van der Waals surface area contributed by atoms with Crippen LogP contribution >= 0.6 is 0 Å². The quantitative estimate of drug-likeness (QED) is 0.770. The van der Waals surface area contributed by atoms with Crippen LogP contribution in [0.2, 0.25) is 0 Å². The number of carbonyl (C=O) groups is 2. The Labute approximate surface area is 147 Å². The molecule has 0 saturated carbocycles. The van der Waals surface area contributed by atoms with Gasteiger partial charge in [-0.15, -0.1) is 0 Å². The lowest BCUT2D eigenvalue weighted by molar-refractivity contribution is -0.118. The van der Waals surface area contributed by atoms with E-state index >= 15 is 0 Å². The van der Waals surface area contributed by atoms with Crippen LogP contribution in [0.1, 0.15) is 20.3 Å². The first-order valence-corrected chi connectivity index (χ1v) is 8.11. The summed E-state index contributed by atoms with van der Waals surface area (Å²) in [5.41, 5.74) is 1.12. The van der Waals surface area contributed by atoms with Crippen LogP contribution in [-0.2, 0) is 9.59 Å². The number of hydrogen-bond acceptors (Lipinski definition) is 4. The highest BCUT2D eigenvalue weighted by atomic mass is 16.5. The first-order chi connectivity index (χ1) is 12.1. The normalized spacial score (nSPS) is 10.0. The summed E-state index contributed by atoms with van der Waals surface area (Å²) in [4.78, 5) is 23.4. The molecule has 0 heterocycles. The van der Waals surface area contributed by atoms with Crippen molar-refractivity contribution in [1.82, 2.24) is 0 Å². The fourth-order valence-corrected chi connectivity index (χ4v) is 2.12. The maximum atomic E-state index is 12.2. The van der Waals surface area contributed by atoms with Crippen LogP contribution in [-0.4, -0.2) is 25.0 Å². The summed E-state index contributed by atoms with van der Waals surface area (Å²) in [7, 11) is 0. The Morgan fingerprint density at radius 2 is 1.44 bits per heavy atom. The standard InChI is InChI=1S/C19H22N2O4/c1-3-12-24-17-10-6-5-9-16(17)21-19(23)13-25-18-11-7-4-8-15(18)20-14(2)22/h4-11H,3,12-13H2,1-2H3,(H,20,22)(H,21,23). The maximum absolute atomic E-state index is 12.2. The third-order valence-corrected chi connectivity index (χ3v) is 3.18. The van der Waals surface area contributed by atoms with Gasteiger partial charge in [-0.2, -0.15) is 0 Å². The van der Waals surface area contributed by atoms with E-state index in [1.54, 1.807) is 36.4 Å². The Balaban J connectivity index is 1.97. The van der Waals surface area contributed by atoms with Gasteiger partial charge in [-0.25, -0.2) is 0 Å². The van der Waals surface area contributed by atoms with Crippen LogP contribution < -0.4 is 20.1 Å². The van der Waals surface area contributed by atoms with Crippen molar-refractivity contribution in [2.45, 2.75) is 20.3 Å². The summed E-state index contributed by atoms with van der Waals surface area (Å²) in [6.45, 7) is 3.82. The molecule has 2 rings (SSSR count). The lowest BCUT2D eigenvalue weighted by Crippen LogP contribution is -2.21. The average Bonchev–Trinajstić information content (AvgIpc) is 2.60. The van der Waals surface area contributed by atoms with E-state index in [1.165, 1.54) is 6.92 Å². The number of para-hydroxylation sites is 4. The van der Waals surface area contributed by atoms with E-state index in [9.17, 15) is 9.59 Å². The number of ether oxygens (including phenoxy) is 2. The minimum absolute atomic E-state index is 0.182. The van der Waals surface area contributed by atoms with Gasteiger partial charge in [0.1, 0.15) is 11.5 Å². The van der Waals surface area contributed by atoms with Crippen molar-refractivity contribution in [3.05, 3.63) is 48.5 Å². The molecule has 6 nitrogen and oxygen atoms in total. The number of amides is 2. The van der Waals surface area contributed by atoms with E-state index < -0.39 is 0 Å². The molecule has 0 fully saturated rings. The van der Waals surface area contributed by atoms with E-state index in [4.69, 9.17) is 9.47 Å². The molecular formula is C19H22N2O4. The second kappa shape index (κ2) is 9.32. The topological polar surface area (TPSA) is 76.7 Å². The number of anilines is 2. The molecular weight excluding hydrogens is 320 g/mol. The van der Waals surface area contributed by atoms with E-state index in [0.29, 0.717) is 29.5 Å². The highest BCUT2D eigenvalue weighted by molar-refractivity contribution is 5.94. The predicted molar refractivity (Wildman–Crippen MR) is 97.1 cm³/mol. The van der Waals surface area contributed by atoms with Crippen molar-refractivity contribution in [1.29, 1.82) is 0 Å². The van der Waals surface area contributed by atoms with Gasteiger partial charge in [-0.05, 0) is 30.7 Å². The molecule has 0 bridgehead atoms. The first kappa shape index (κ1) is 18.3. The van der Waals surface area contributed by atoms with E-state index in [-0.39, 0.29) is 18.4 Å². The first-order valence-electron chi connectivity index (χ1n) is 8.11. The van der Waals surface area contributed by atoms with Crippen molar-refractivity contribution < 1.29 is 19.1 Å². The summed E-state index contributed by atoms with van der Waals surface area (Å²) in [6, 6.07) is 14.2. The molecule has 0 spiro atoms. The van der Waals surface area contributed by atoms with E-state index in [0.717, 1.165) is 6.42 Å². The summed E-state index contributed by atoms with van der Waals surface area (Å²) in [5.74, 6) is 0.535. The molecule has 0 atom stereocenters. The van der Waals surface area contributed by atoms with Gasteiger partial charge in [0.15, 0.2) is 6.61 Å². The molecule has 25 heavy (non-hydrogen) atoms. The molecule has 0 aliphatic carbocycles. The maximum Gasteiger partial charge on any atom is 0.262 e. The SMILES string of the molecule is CCCOc1ccccc1NC(=O)COc1ccccc1NC(C)=O. The van der Waals surface area contributed by atoms with Crippen molar-refractivity contribution in [3.8, 4) is 11.5 Å². The Hall–Kier alpha value is -3.02. The Bertz CT molecular complexity index is 731. The molecule has 2 aromatic carbocycles. The highest BCUT2D eigenvalue weighted by Gasteiger charge is 2.10. The largest absolute Gasteiger partial charge is 0.491 e. The van der Waals surface area contributed by atoms with Crippen molar-refractivity contribution >= 4 is 23.2 Å². The number of carbonyl (C=O) groups excluding carboxylic acids is 2. The van der Waals surface area contributed by atoms with E-state index in [2.05, 4.69) is 10.6 Å². The monoisotopic (exact) mass is 342 g/mol. The highest BCUT2D eigenvalue weighted by Crippen LogP contribution is 2.25. The molecule has 0 unspecified atom stereocenters. The van der Waals surface area contributed by atoms with Gasteiger partial charge in [-0.1, -0.05) is 31.2 Å². The van der Waals surface area contributed by atoms with Gasteiger partial charge < -0.3 is 20.1 Å². The number of rotatable bonds is 8. The van der Waals surface area contributed by atoms with Crippen LogP contribution in [0.5, 0.6) is 11.5 Å². The lowest BCUT2D eigenvalue weighted by Gasteiger charge is -2.13. The molecule has 2 amide bonds. The molecule has 0 saturated heterocycles. The van der Waals surface area contributed by atoms with Crippen molar-refractivity contribution in [2.24, 2.45) is 0 Å². The molecule has 0 aliphatic heterocycles. The average molecular weight is 342 g/mol. The zero-order valence-corrected chi connectivity index (χ0v) is 14.4. The molecule has 6 heteroatoms. The van der Waals surface area contributed by atoms with Crippen molar-refractivity contribution in [2.75, 3.05) is 23.8 Å². The Kier molecular flexibility index (Phi) is 6.83. The molecule has 0 aromatic heterocycles. The number of hydrogen-bond donors (Lipinski definition) is 2. The van der Waals surface area contributed by atoms with Crippen LogP contribution in [0.3, 0.4) is 0 Å². The van der Waals surface area contributed by atoms with Crippen LogP contribution in [0.15, 0.2) is 48.5 Å². The van der Waals surface area contributed by atoms with Crippen molar-refractivity contribution in [3.63, 3.8) is 0 Å². The summed E-state index contributed by atoms with van der Waals surface area (Å²) < 4.78 is 11.1. The van der Waals surface area contributed by atoms with Crippen LogP contribution in [0.25, 0.3) is 0 Å². The van der Waals surface area contributed by atoms with Crippen LogP contribution in [0.4, 0.5) is 11.4 Å². The van der Waals surface area contributed by atoms with Gasteiger partial charge in [0.2, 0.25) is 5.91 Å². The zero-order chi connectivity index (χ0) is 18.1. The molecule has 2 N–H and O–H groups in total. The second-order valence-corrected chi connectivity index (χ2v) is 5.36. The lowest BCUT2D eigenvalue weighted by atomic mass is 10.3. The fraction of sp³-hybridized carbons (Fsp3) is 0.263. The molecule has 0 aliphatic rings. The summed E-state index contributed by atoms with van der Waals surface area (Å²) >= 11 is 0. The summed E-state index contributed by atoms with van der Waals surface area (Å²) in [5, 5.41) is 5.44. The Morgan fingerprint density at radius 1 is 0.880 bits per heavy atom. The van der Waals surface area contributed by atoms with Gasteiger partial charge in [0.05, 0.1) is 18.0 Å². The van der Waals surface area contributed by atoms with Gasteiger partial charge in [0, 0.05) is 6.92 Å². The van der Waals surface area contributed by atoms with Gasteiger partial charge >= 0.3 is 0 Å². The Morgan fingerprint density at radius 3 is 2.04 bits per heavy atom. The van der Waals surface area contributed by atoms with Gasteiger partial charge in [0.25, 0.3) is 5.91 Å². The number of benzene rings is 2. The molecule has 2 aromatic rings. The third kappa shape index (κ3) is 5.84. The predicted octanol–water partition coefficient (Wildman–Crippen LogP) is 3.45. The van der Waals surface area contributed by atoms with Gasteiger partial charge in [-0.3, -0.25) is 9.59 Å². The molecule has 0 radical (unpaired) electrons. The molecule has 132 valence electrons. The zero-order valence-electron chi connectivity index (χ0n) is 14.4. The van der Waals surface area contributed by atoms with E-state index in [1.807, 2.05) is 19.1 Å². The second-order valence-electron chi connectivity index (χ2n) is 5.36. The minimum Gasteiger partial charge on any atom is -0.491 e. The summed E-state index contributed by atoms with van der Waals surface area (Å²) in [6.07, 6.45) is 0.880. The third-order valence-electron chi connectivity index (χ3n) is 3.18. The van der Waals surface area contributed by atoms with Crippen LogP contribution in [0, 0.1) is 0 Å². The fourth-order valence-electron chi connectivity index (χ4n) is 2.12. The minimum atomic E-state index is -0.315. The number of nitrogens with one attached hydrogen (secondary N) is 2. The smallest absolute Gasteiger partial charge is 0.262 e.